The second kappa shape index (κ2) is 5.69. The van der Waals surface area contributed by atoms with Crippen molar-refractivity contribution < 1.29 is 0 Å². The van der Waals surface area contributed by atoms with Gasteiger partial charge in [0.15, 0.2) is 0 Å². The molecule has 0 aromatic heterocycles. The summed E-state index contributed by atoms with van der Waals surface area (Å²) in [5, 5.41) is 2.28. The zero-order valence-electron chi connectivity index (χ0n) is 7.65. The Balaban J connectivity index is 3.50. The van der Waals surface area contributed by atoms with E-state index in [2.05, 4.69) is 38.1 Å². The van der Waals surface area contributed by atoms with Gasteiger partial charge in [-0.15, -0.1) is 0 Å². The highest BCUT2D eigenvalue weighted by Gasteiger charge is 2.04. The first-order valence-corrected chi connectivity index (χ1v) is 4.22. The molecule has 0 bridgehead atoms. The quantitative estimate of drug-likeness (QED) is 0.590. The van der Waals surface area contributed by atoms with Crippen LogP contribution in [0.3, 0.4) is 0 Å². The Morgan fingerprint density at radius 3 is 2.20 bits per heavy atom. The Morgan fingerprint density at radius 1 is 1.30 bits per heavy atom. The lowest BCUT2D eigenvalue weighted by atomic mass is 10.3. The van der Waals surface area contributed by atoms with Crippen LogP contribution < -0.4 is 5.43 Å². The minimum Gasteiger partial charge on any atom is -0.255 e. The minimum absolute atomic E-state index is 0.611. The van der Waals surface area contributed by atoms with Gasteiger partial charge in [0.25, 0.3) is 0 Å². The van der Waals surface area contributed by atoms with Gasteiger partial charge in [0.05, 0.1) is 0 Å². The first-order chi connectivity index (χ1) is 4.72. The molecule has 0 rings (SSSR count). The molecule has 0 spiro atoms. The Bertz CT molecular complexity index is 65.7. The first kappa shape index (κ1) is 9.92. The van der Waals surface area contributed by atoms with Crippen LogP contribution in [0.25, 0.3) is 0 Å². The molecular weight excluding hydrogens is 124 g/mol. The fourth-order valence-corrected chi connectivity index (χ4v) is 0.964. The van der Waals surface area contributed by atoms with E-state index in [0.717, 1.165) is 13.1 Å². The third-order valence-electron chi connectivity index (χ3n) is 1.45. The highest BCUT2D eigenvalue weighted by molar-refractivity contribution is 4.55. The molecule has 0 amide bonds. The van der Waals surface area contributed by atoms with Crippen molar-refractivity contribution in [2.24, 2.45) is 0 Å². The molecule has 0 aliphatic carbocycles. The number of nitrogens with zero attached hydrogens (tertiary/aromatic N) is 1. The van der Waals surface area contributed by atoms with Crippen molar-refractivity contribution in [3.05, 3.63) is 0 Å². The summed E-state index contributed by atoms with van der Waals surface area (Å²) in [4.78, 5) is 0. The monoisotopic (exact) mass is 144 g/mol. The normalized spacial score (nSPS) is 11.4. The van der Waals surface area contributed by atoms with E-state index >= 15 is 0 Å². The predicted molar refractivity (Wildman–Crippen MR) is 45.8 cm³/mol. The fourth-order valence-electron chi connectivity index (χ4n) is 0.964. The molecule has 0 atom stereocenters. The maximum atomic E-state index is 3.32. The van der Waals surface area contributed by atoms with Crippen LogP contribution in [0.4, 0.5) is 0 Å². The molecule has 0 saturated carbocycles. The van der Waals surface area contributed by atoms with Crippen LogP contribution in [0.5, 0.6) is 0 Å². The molecular formula is C8H20N2. The van der Waals surface area contributed by atoms with Crippen molar-refractivity contribution in [1.29, 1.82) is 0 Å². The van der Waals surface area contributed by atoms with Crippen LogP contribution in [0, 0.1) is 0 Å². The van der Waals surface area contributed by atoms with E-state index in [9.17, 15) is 0 Å². The van der Waals surface area contributed by atoms with Crippen molar-refractivity contribution >= 4 is 0 Å². The maximum Gasteiger partial charge on any atom is 0.0187 e. The number of rotatable bonds is 5. The molecule has 0 aliphatic heterocycles. The lowest BCUT2D eigenvalue weighted by Gasteiger charge is -2.25. The van der Waals surface area contributed by atoms with Crippen molar-refractivity contribution in [2.75, 3.05) is 13.1 Å². The molecule has 62 valence electrons. The van der Waals surface area contributed by atoms with Crippen molar-refractivity contribution in [3.8, 4) is 0 Å². The summed E-state index contributed by atoms with van der Waals surface area (Å²) in [5.41, 5.74) is 3.32. The van der Waals surface area contributed by atoms with Gasteiger partial charge < -0.3 is 0 Å². The fraction of sp³-hybridized carbons (Fsp3) is 1.00. The van der Waals surface area contributed by atoms with Crippen LogP contribution in [0.1, 0.15) is 34.1 Å². The summed E-state index contributed by atoms with van der Waals surface area (Å²) < 4.78 is 0. The first-order valence-electron chi connectivity index (χ1n) is 4.22. The topological polar surface area (TPSA) is 15.3 Å². The Morgan fingerprint density at radius 2 is 1.90 bits per heavy atom. The Labute approximate surface area is 64.6 Å². The highest BCUT2D eigenvalue weighted by Crippen LogP contribution is 1.93. The van der Waals surface area contributed by atoms with Crippen molar-refractivity contribution in [2.45, 2.75) is 40.2 Å². The molecule has 2 nitrogen and oxygen atoms in total. The maximum absolute atomic E-state index is 3.32. The molecule has 0 unspecified atom stereocenters. The average Bonchev–Trinajstić information content (AvgIpc) is 1.87. The van der Waals surface area contributed by atoms with Gasteiger partial charge in [0, 0.05) is 19.1 Å². The van der Waals surface area contributed by atoms with E-state index in [1.165, 1.54) is 6.42 Å². The largest absolute Gasteiger partial charge is 0.255 e. The second-order valence-corrected chi connectivity index (χ2v) is 2.80. The van der Waals surface area contributed by atoms with E-state index < -0.39 is 0 Å². The smallest absolute Gasteiger partial charge is 0.0187 e. The third kappa shape index (κ3) is 3.85. The van der Waals surface area contributed by atoms with Gasteiger partial charge in [0.2, 0.25) is 0 Å². The van der Waals surface area contributed by atoms with Gasteiger partial charge in [0.1, 0.15) is 0 Å². The van der Waals surface area contributed by atoms with Gasteiger partial charge in [-0.25, -0.2) is 5.01 Å². The van der Waals surface area contributed by atoms with E-state index in [1.54, 1.807) is 0 Å². The SMILES string of the molecule is CCCN(NCC)C(C)C. The van der Waals surface area contributed by atoms with Gasteiger partial charge in [-0.2, -0.15) is 0 Å². The Kier molecular flexibility index (Phi) is 5.64. The van der Waals surface area contributed by atoms with E-state index in [4.69, 9.17) is 0 Å². The molecule has 0 saturated heterocycles. The number of hydrogen-bond acceptors (Lipinski definition) is 2. The number of nitrogens with one attached hydrogen (secondary N) is 1. The zero-order valence-corrected chi connectivity index (χ0v) is 7.65. The molecule has 0 aromatic rings. The van der Waals surface area contributed by atoms with Gasteiger partial charge in [-0.3, -0.25) is 5.43 Å². The van der Waals surface area contributed by atoms with E-state index in [-0.39, 0.29) is 0 Å². The van der Waals surface area contributed by atoms with E-state index in [0.29, 0.717) is 6.04 Å². The number of hydrazine groups is 1. The van der Waals surface area contributed by atoms with Crippen molar-refractivity contribution in [3.63, 3.8) is 0 Å². The molecule has 0 aliphatic rings. The van der Waals surface area contributed by atoms with Crippen LogP contribution >= 0.6 is 0 Å². The molecule has 0 aromatic carbocycles. The van der Waals surface area contributed by atoms with Gasteiger partial charge in [-0.05, 0) is 20.3 Å². The molecule has 2 heteroatoms. The van der Waals surface area contributed by atoms with Crippen LogP contribution in [0.2, 0.25) is 0 Å². The summed E-state index contributed by atoms with van der Waals surface area (Å²) in [6.45, 7) is 10.9. The lowest BCUT2D eigenvalue weighted by molar-refractivity contribution is 0.148. The summed E-state index contributed by atoms with van der Waals surface area (Å²) in [7, 11) is 0. The standard InChI is InChI=1S/C8H20N2/c1-5-7-10(8(3)4)9-6-2/h8-9H,5-7H2,1-4H3. The second-order valence-electron chi connectivity index (χ2n) is 2.80. The molecule has 0 radical (unpaired) electrons. The highest BCUT2D eigenvalue weighted by atomic mass is 15.5. The summed E-state index contributed by atoms with van der Waals surface area (Å²) in [6, 6.07) is 0.611. The summed E-state index contributed by atoms with van der Waals surface area (Å²) in [5.74, 6) is 0. The zero-order chi connectivity index (χ0) is 7.98. The minimum atomic E-state index is 0.611. The molecule has 10 heavy (non-hydrogen) atoms. The molecule has 1 N–H and O–H groups in total. The van der Waals surface area contributed by atoms with Gasteiger partial charge in [-0.1, -0.05) is 13.8 Å². The molecule has 0 heterocycles. The summed E-state index contributed by atoms with van der Waals surface area (Å²) >= 11 is 0. The van der Waals surface area contributed by atoms with Crippen molar-refractivity contribution in [1.82, 2.24) is 10.4 Å². The predicted octanol–water partition coefficient (Wildman–Crippen LogP) is 1.63. The molecule has 0 fully saturated rings. The van der Waals surface area contributed by atoms with Crippen LogP contribution in [0.15, 0.2) is 0 Å². The third-order valence-corrected chi connectivity index (χ3v) is 1.45. The van der Waals surface area contributed by atoms with E-state index in [1.807, 2.05) is 0 Å². The Hall–Kier alpha value is -0.0800. The van der Waals surface area contributed by atoms with Gasteiger partial charge >= 0.3 is 0 Å². The van der Waals surface area contributed by atoms with Crippen LogP contribution in [-0.4, -0.2) is 24.1 Å². The lowest BCUT2D eigenvalue weighted by Crippen LogP contribution is -2.43. The number of hydrogen-bond donors (Lipinski definition) is 1. The average molecular weight is 144 g/mol. The van der Waals surface area contributed by atoms with Crippen LogP contribution in [-0.2, 0) is 0 Å². The summed E-state index contributed by atoms with van der Waals surface area (Å²) in [6.07, 6.45) is 1.21.